The molecular weight excluding hydrogens is 376 g/mol. The van der Waals surface area contributed by atoms with E-state index in [1.54, 1.807) is 14.2 Å². The Morgan fingerprint density at radius 1 is 0.967 bits per heavy atom. The fourth-order valence-corrected chi connectivity index (χ4v) is 4.71. The number of fused-ring (bicyclic) bond motifs is 1. The first-order valence-electron chi connectivity index (χ1n) is 11.0. The SMILES string of the molecule is COc1ccc(OC)c(CN2Cc3ccccc3C[C@@H]2C(=O)N2CCCCCC2)c1. The van der Waals surface area contributed by atoms with E-state index in [9.17, 15) is 4.79 Å². The summed E-state index contributed by atoms with van der Waals surface area (Å²) in [6, 6.07) is 14.2. The van der Waals surface area contributed by atoms with Crippen molar-refractivity contribution in [2.75, 3.05) is 27.3 Å². The van der Waals surface area contributed by atoms with Crippen LogP contribution in [0.5, 0.6) is 11.5 Å². The van der Waals surface area contributed by atoms with Crippen molar-refractivity contribution in [2.45, 2.75) is 51.2 Å². The minimum Gasteiger partial charge on any atom is -0.497 e. The van der Waals surface area contributed by atoms with Crippen LogP contribution in [0, 0.1) is 0 Å². The van der Waals surface area contributed by atoms with Gasteiger partial charge in [0, 0.05) is 31.7 Å². The number of carbonyl (C=O) groups is 1. The normalized spacial score (nSPS) is 19.7. The maximum absolute atomic E-state index is 13.6. The number of rotatable bonds is 5. The van der Waals surface area contributed by atoms with Crippen LogP contribution < -0.4 is 9.47 Å². The molecule has 0 saturated carbocycles. The number of nitrogens with zero attached hydrogens (tertiary/aromatic N) is 2. The van der Waals surface area contributed by atoms with Gasteiger partial charge in [-0.25, -0.2) is 0 Å². The van der Waals surface area contributed by atoms with Gasteiger partial charge in [-0.2, -0.15) is 0 Å². The van der Waals surface area contributed by atoms with Crippen LogP contribution in [0.3, 0.4) is 0 Å². The average molecular weight is 409 g/mol. The molecule has 1 amide bonds. The molecule has 1 saturated heterocycles. The summed E-state index contributed by atoms with van der Waals surface area (Å²) in [7, 11) is 3.37. The average Bonchev–Trinajstić information content (AvgIpc) is 3.07. The third-order valence-corrected chi connectivity index (χ3v) is 6.41. The molecule has 0 radical (unpaired) electrons. The molecule has 0 unspecified atom stereocenters. The van der Waals surface area contributed by atoms with Gasteiger partial charge in [0.15, 0.2) is 0 Å². The lowest BCUT2D eigenvalue weighted by atomic mass is 9.92. The number of hydrogen-bond donors (Lipinski definition) is 0. The molecule has 2 aromatic rings. The van der Waals surface area contributed by atoms with E-state index in [-0.39, 0.29) is 11.9 Å². The second-order valence-electron chi connectivity index (χ2n) is 8.31. The highest BCUT2D eigenvalue weighted by Gasteiger charge is 2.34. The largest absolute Gasteiger partial charge is 0.497 e. The molecule has 30 heavy (non-hydrogen) atoms. The van der Waals surface area contributed by atoms with E-state index < -0.39 is 0 Å². The Labute approximate surface area is 179 Å². The van der Waals surface area contributed by atoms with Crippen LogP contribution in [0.2, 0.25) is 0 Å². The number of benzene rings is 2. The van der Waals surface area contributed by atoms with Gasteiger partial charge in [-0.3, -0.25) is 9.69 Å². The van der Waals surface area contributed by atoms with E-state index in [0.717, 1.165) is 56.0 Å². The molecule has 5 nitrogen and oxygen atoms in total. The summed E-state index contributed by atoms with van der Waals surface area (Å²) in [6.07, 6.45) is 5.43. The van der Waals surface area contributed by atoms with Gasteiger partial charge in [-0.15, -0.1) is 0 Å². The molecule has 2 aliphatic heterocycles. The molecule has 0 bridgehead atoms. The second kappa shape index (κ2) is 9.52. The fourth-order valence-electron chi connectivity index (χ4n) is 4.71. The van der Waals surface area contributed by atoms with Crippen LogP contribution in [0.1, 0.15) is 42.4 Å². The summed E-state index contributed by atoms with van der Waals surface area (Å²) >= 11 is 0. The lowest BCUT2D eigenvalue weighted by Crippen LogP contribution is -2.51. The highest BCUT2D eigenvalue weighted by molar-refractivity contribution is 5.82. The number of hydrogen-bond acceptors (Lipinski definition) is 4. The molecule has 1 fully saturated rings. The monoisotopic (exact) mass is 408 g/mol. The molecule has 0 N–H and O–H groups in total. The zero-order chi connectivity index (χ0) is 20.9. The van der Waals surface area contributed by atoms with E-state index >= 15 is 0 Å². The van der Waals surface area contributed by atoms with Crippen molar-refractivity contribution >= 4 is 5.91 Å². The van der Waals surface area contributed by atoms with Crippen molar-refractivity contribution in [1.82, 2.24) is 9.80 Å². The second-order valence-corrected chi connectivity index (χ2v) is 8.31. The molecule has 2 aliphatic rings. The third-order valence-electron chi connectivity index (χ3n) is 6.41. The van der Waals surface area contributed by atoms with Crippen LogP contribution in [0.4, 0.5) is 0 Å². The van der Waals surface area contributed by atoms with Gasteiger partial charge in [0.25, 0.3) is 0 Å². The first-order valence-corrected chi connectivity index (χ1v) is 11.0. The predicted molar refractivity (Wildman–Crippen MR) is 118 cm³/mol. The van der Waals surface area contributed by atoms with E-state index in [4.69, 9.17) is 9.47 Å². The van der Waals surface area contributed by atoms with E-state index in [1.807, 2.05) is 18.2 Å². The number of amides is 1. The Morgan fingerprint density at radius 2 is 1.70 bits per heavy atom. The van der Waals surface area contributed by atoms with E-state index in [0.29, 0.717) is 6.54 Å². The van der Waals surface area contributed by atoms with Gasteiger partial charge in [-0.1, -0.05) is 37.1 Å². The highest BCUT2D eigenvalue weighted by Crippen LogP contribution is 2.31. The van der Waals surface area contributed by atoms with Crippen LogP contribution in [0.25, 0.3) is 0 Å². The smallest absolute Gasteiger partial charge is 0.240 e. The molecule has 0 aromatic heterocycles. The minimum atomic E-state index is -0.145. The van der Waals surface area contributed by atoms with Crippen molar-refractivity contribution in [3.05, 3.63) is 59.2 Å². The summed E-state index contributed by atoms with van der Waals surface area (Å²) in [5, 5.41) is 0. The minimum absolute atomic E-state index is 0.145. The van der Waals surface area contributed by atoms with Crippen molar-refractivity contribution < 1.29 is 14.3 Å². The number of ether oxygens (including phenoxy) is 2. The molecule has 2 heterocycles. The van der Waals surface area contributed by atoms with Gasteiger partial charge in [0.05, 0.1) is 20.3 Å². The lowest BCUT2D eigenvalue weighted by Gasteiger charge is -2.38. The number of likely N-dealkylation sites (tertiary alicyclic amines) is 1. The summed E-state index contributed by atoms with van der Waals surface area (Å²) in [6.45, 7) is 3.18. The molecule has 0 aliphatic carbocycles. The van der Waals surface area contributed by atoms with Crippen molar-refractivity contribution in [3.8, 4) is 11.5 Å². The topological polar surface area (TPSA) is 42.0 Å². The van der Waals surface area contributed by atoms with Crippen LogP contribution in [0.15, 0.2) is 42.5 Å². The first-order chi connectivity index (χ1) is 14.7. The highest BCUT2D eigenvalue weighted by atomic mass is 16.5. The van der Waals surface area contributed by atoms with Gasteiger partial charge < -0.3 is 14.4 Å². The molecule has 4 rings (SSSR count). The Kier molecular flexibility index (Phi) is 6.58. The molecule has 2 aromatic carbocycles. The number of methoxy groups -OCH3 is 2. The van der Waals surface area contributed by atoms with Crippen molar-refractivity contribution in [3.63, 3.8) is 0 Å². The number of carbonyl (C=O) groups excluding carboxylic acids is 1. The standard InChI is InChI=1S/C25H32N2O3/c1-29-22-11-12-24(30-2)21(15-22)18-27-17-20-10-6-5-9-19(20)16-23(27)25(28)26-13-7-3-4-8-14-26/h5-6,9-12,15,23H,3-4,7-8,13-14,16-18H2,1-2H3/t23-/m1/s1. The van der Waals surface area contributed by atoms with Crippen LogP contribution >= 0.6 is 0 Å². The summed E-state index contributed by atoms with van der Waals surface area (Å²) in [5.41, 5.74) is 3.64. The Bertz CT molecular complexity index is 874. The molecule has 5 heteroatoms. The van der Waals surface area contributed by atoms with Gasteiger partial charge in [0.1, 0.15) is 11.5 Å². The predicted octanol–water partition coefficient (Wildman–Crippen LogP) is 4.03. The Morgan fingerprint density at radius 3 is 2.40 bits per heavy atom. The Balaban J connectivity index is 1.63. The van der Waals surface area contributed by atoms with Gasteiger partial charge >= 0.3 is 0 Å². The maximum Gasteiger partial charge on any atom is 0.240 e. The zero-order valence-electron chi connectivity index (χ0n) is 18.1. The van der Waals surface area contributed by atoms with Gasteiger partial charge in [-0.05, 0) is 48.6 Å². The Hall–Kier alpha value is -2.53. The summed E-state index contributed by atoms with van der Waals surface area (Å²) < 4.78 is 11.0. The van der Waals surface area contributed by atoms with E-state index in [1.165, 1.54) is 24.0 Å². The quantitative estimate of drug-likeness (QED) is 0.749. The molecular formula is C25H32N2O3. The van der Waals surface area contributed by atoms with E-state index in [2.05, 4.69) is 34.1 Å². The fraction of sp³-hybridized carbons (Fsp3) is 0.480. The third kappa shape index (κ3) is 4.46. The summed E-state index contributed by atoms with van der Waals surface area (Å²) in [5.74, 6) is 1.91. The maximum atomic E-state index is 13.6. The molecule has 1 atom stereocenters. The lowest BCUT2D eigenvalue weighted by molar-refractivity contribution is -0.138. The van der Waals surface area contributed by atoms with Crippen LogP contribution in [-0.2, 0) is 24.3 Å². The van der Waals surface area contributed by atoms with Crippen molar-refractivity contribution in [1.29, 1.82) is 0 Å². The summed E-state index contributed by atoms with van der Waals surface area (Å²) in [4.78, 5) is 18.0. The first kappa shape index (κ1) is 20.7. The van der Waals surface area contributed by atoms with Crippen LogP contribution in [-0.4, -0.2) is 49.1 Å². The molecule has 160 valence electrons. The van der Waals surface area contributed by atoms with Crippen molar-refractivity contribution in [2.24, 2.45) is 0 Å². The van der Waals surface area contributed by atoms with Gasteiger partial charge in [0.2, 0.25) is 5.91 Å². The zero-order valence-corrected chi connectivity index (χ0v) is 18.1. The molecule has 0 spiro atoms.